The van der Waals surface area contributed by atoms with E-state index < -0.39 is 0 Å². The van der Waals surface area contributed by atoms with Crippen LogP contribution in [0, 0.1) is 18.7 Å². The molecule has 5 heterocycles. The third-order valence-electron chi connectivity index (χ3n) is 6.82. The molecule has 0 spiro atoms. The molecule has 0 saturated carbocycles. The molecule has 4 aliphatic rings. The van der Waals surface area contributed by atoms with Gasteiger partial charge in [0.25, 0.3) is 5.91 Å². The maximum absolute atomic E-state index is 13.4. The first-order valence-electron chi connectivity index (χ1n) is 9.84. The van der Waals surface area contributed by atoms with Crippen molar-refractivity contribution in [3.05, 3.63) is 65.2 Å². The zero-order chi connectivity index (χ0) is 18.5. The van der Waals surface area contributed by atoms with E-state index in [9.17, 15) is 9.18 Å². The lowest BCUT2D eigenvalue weighted by atomic mass is 9.75. The van der Waals surface area contributed by atoms with E-state index in [1.54, 1.807) is 12.4 Å². The number of aryl methyl sites for hydroxylation is 1. The molecule has 2 bridgehead atoms. The largest absolute Gasteiger partial charge is 0.333 e. The standard InChI is InChI=1S/C22H24FN3O/c1-14-6-9-24-12-18(14)22(27)26-13-19(15-2-4-17(23)5-3-15)21-20(26)16-7-10-25(21)11-8-16/h2-6,9,12,16,19-21H,7-8,10-11,13H2,1H3/t19-,20+,21+/m1/s1. The Morgan fingerprint density at radius 1 is 1.11 bits per heavy atom. The summed E-state index contributed by atoms with van der Waals surface area (Å²) in [6.07, 6.45) is 5.74. The highest BCUT2D eigenvalue weighted by atomic mass is 19.1. The number of likely N-dealkylation sites (tertiary alicyclic amines) is 1. The van der Waals surface area contributed by atoms with Gasteiger partial charge in [0.15, 0.2) is 0 Å². The summed E-state index contributed by atoms with van der Waals surface area (Å²) in [5, 5.41) is 0. The second-order valence-electron chi connectivity index (χ2n) is 8.16. The number of halogens is 1. The third kappa shape index (κ3) is 2.67. The molecular weight excluding hydrogens is 341 g/mol. The van der Waals surface area contributed by atoms with Crippen LogP contribution in [0.2, 0.25) is 0 Å². The minimum atomic E-state index is -0.210. The molecule has 0 unspecified atom stereocenters. The van der Waals surface area contributed by atoms with Gasteiger partial charge in [-0.3, -0.25) is 14.7 Å². The van der Waals surface area contributed by atoms with Crippen molar-refractivity contribution in [2.75, 3.05) is 19.6 Å². The summed E-state index contributed by atoms with van der Waals surface area (Å²) >= 11 is 0. The van der Waals surface area contributed by atoms with Gasteiger partial charge in [0, 0.05) is 30.9 Å². The SMILES string of the molecule is Cc1ccncc1C(=O)N1C[C@H](c2ccc(F)cc2)[C@H]2[C@@H]1C1CCN2CC1. The molecule has 0 N–H and O–H groups in total. The Hall–Kier alpha value is -2.27. The molecule has 2 aromatic rings. The summed E-state index contributed by atoms with van der Waals surface area (Å²) in [6.45, 7) is 4.88. The number of pyridine rings is 1. The van der Waals surface area contributed by atoms with Crippen molar-refractivity contribution in [2.24, 2.45) is 5.92 Å². The van der Waals surface area contributed by atoms with Gasteiger partial charge in [-0.15, -0.1) is 0 Å². The second kappa shape index (κ2) is 6.41. The molecule has 1 amide bonds. The van der Waals surface area contributed by atoms with Crippen molar-refractivity contribution in [3.63, 3.8) is 0 Å². The fraction of sp³-hybridized carbons (Fsp3) is 0.455. The molecule has 1 aromatic carbocycles. The molecule has 1 aromatic heterocycles. The molecule has 0 aliphatic carbocycles. The number of aromatic nitrogens is 1. The quantitative estimate of drug-likeness (QED) is 0.820. The molecule has 27 heavy (non-hydrogen) atoms. The molecule has 3 atom stereocenters. The zero-order valence-corrected chi connectivity index (χ0v) is 15.5. The number of amides is 1. The van der Waals surface area contributed by atoms with E-state index in [-0.39, 0.29) is 23.7 Å². The maximum atomic E-state index is 13.4. The van der Waals surface area contributed by atoms with Crippen LogP contribution in [0.4, 0.5) is 4.39 Å². The van der Waals surface area contributed by atoms with E-state index in [4.69, 9.17) is 0 Å². The first kappa shape index (κ1) is 16.9. The van der Waals surface area contributed by atoms with E-state index in [2.05, 4.69) is 14.8 Å². The van der Waals surface area contributed by atoms with Crippen LogP contribution in [0.25, 0.3) is 0 Å². The Balaban J connectivity index is 1.53. The Kier molecular flexibility index (Phi) is 4.01. The monoisotopic (exact) mass is 365 g/mol. The molecule has 6 rings (SSSR count). The molecule has 4 fully saturated rings. The van der Waals surface area contributed by atoms with E-state index in [0.717, 1.165) is 37.1 Å². The lowest BCUT2D eigenvalue weighted by molar-refractivity contribution is -0.00344. The van der Waals surface area contributed by atoms with Crippen LogP contribution in [-0.4, -0.2) is 52.4 Å². The van der Waals surface area contributed by atoms with Gasteiger partial charge in [-0.2, -0.15) is 0 Å². The molecule has 4 aliphatic heterocycles. The lowest BCUT2D eigenvalue weighted by Crippen LogP contribution is -2.60. The number of carbonyl (C=O) groups excluding carboxylic acids is 1. The third-order valence-corrected chi connectivity index (χ3v) is 6.82. The topological polar surface area (TPSA) is 36.4 Å². The van der Waals surface area contributed by atoms with Crippen LogP contribution < -0.4 is 0 Å². The Morgan fingerprint density at radius 2 is 1.85 bits per heavy atom. The Bertz CT molecular complexity index is 860. The lowest BCUT2D eigenvalue weighted by Gasteiger charge is -2.51. The maximum Gasteiger partial charge on any atom is 0.256 e. The number of benzene rings is 1. The molecule has 5 heteroatoms. The Morgan fingerprint density at radius 3 is 2.56 bits per heavy atom. The van der Waals surface area contributed by atoms with Crippen molar-refractivity contribution in [2.45, 2.75) is 37.8 Å². The van der Waals surface area contributed by atoms with Crippen molar-refractivity contribution < 1.29 is 9.18 Å². The average Bonchev–Trinajstić information content (AvgIpc) is 3.12. The molecule has 140 valence electrons. The number of hydrogen-bond donors (Lipinski definition) is 0. The van der Waals surface area contributed by atoms with Gasteiger partial charge in [0.2, 0.25) is 0 Å². The minimum Gasteiger partial charge on any atom is -0.333 e. The molecule has 4 nitrogen and oxygen atoms in total. The summed E-state index contributed by atoms with van der Waals surface area (Å²) in [4.78, 5) is 22.3. The highest BCUT2D eigenvalue weighted by Crippen LogP contribution is 2.47. The van der Waals surface area contributed by atoms with Gasteiger partial charge >= 0.3 is 0 Å². The van der Waals surface area contributed by atoms with Crippen LogP contribution in [0.3, 0.4) is 0 Å². The number of piperidine rings is 3. The fourth-order valence-electron chi connectivity index (χ4n) is 5.50. The number of carbonyl (C=O) groups is 1. The first-order chi connectivity index (χ1) is 13.1. The van der Waals surface area contributed by atoms with Crippen molar-refractivity contribution >= 4 is 5.91 Å². The summed E-state index contributed by atoms with van der Waals surface area (Å²) in [5.74, 6) is 0.678. The number of nitrogens with zero attached hydrogens (tertiary/aromatic N) is 3. The van der Waals surface area contributed by atoms with Gasteiger partial charge in [-0.1, -0.05) is 12.1 Å². The van der Waals surface area contributed by atoms with Gasteiger partial charge in [-0.05, 0) is 68.1 Å². The van der Waals surface area contributed by atoms with Gasteiger partial charge in [0.1, 0.15) is 5.82 Å². The highest BCUT2D eigenvalue weighted by Gasteiger charge is 2.54. The van der Waals surface area contributed by atoms with E-state index in [1.807, 2.05) is 25.1 Å². The normalized spacial score (nSPS) is 31.8. The summed E-state index contributed by atoms with van der Waals surface area (Å²) in [7, 11) is 0. The van der Waals surface area contributed by atoms with Crippen LogP contribution in [0.15, 0.2) is 42.7 Å². The van der Waals surface area contributed by atoms with Gasteiger partial charge in [-0.25, -0.2) is 4.39 Å². The smallest absolute Gasteiger partial charge is 0.256 e. The summed E-state index contributed by atoms with van der Waals surface area (Å²) in [5.41, 5.74) is 2.81. The minimum absolute atomic E-state index is 0.0916. The van der Waals surface area contributed by atoms with Crippen molar-refractivity contribution in [1.82, 2.24) is 14.8 Å². The molecular formula is C22H24FN3O. The van der Waals surface area contributed by atoms with Crippen molar-refractivity contribution in [3.8, 4) is 0 Å². The highest BCUT2D eigenvalue weighted by molar-refractivity contribution is 5.96. The second-order valence-corrected chi connectivity index (χ2v) is 8.16. The predicted molar refractivity (Wildman–Crippen MR) is 101 cm³/mol. The average molecular weight is 365 g/mol. The fourth-order valence-corrected chi connectivity index (χ4v) is 5.50. The molecule has 4 saturated heterocycles. The van der Waals surface area contributed by atoms with E-state index >= 15 is 0 Å². The number of rotatable bonds is 2. The van der Waals surface area contributed by atoms with Crippen LogP contribution >= 0.6 is 0 Å². The van der Waals surface area contributed by atoms with E-state index in [1.165, 1.54) is 12.1 Å². The van der Waals surface area contributed by atoms with E-state index in [0.29, 0.717) is 24.1 Å². The summed E-state index contributed by atoms with van der Waals surface area (Å²) in [6, 6.07) is 9.34. The Labute approximate surface area is 159 Å². The molecule has 0 radical (unpaired) electrons. The van der Waals surface area contributed by atoms with Gasteiger partial charge < -0.3 is 4.90 Å². The van der Waals surface area contributed by atoms with Crippen LogP contribution in [0.1, 0.15) is 40.2 Å². The number of hydrogen-bond acceptors (Lipinski definition) is 3. The zero-order valence-electron chi connectivity index (χ0n) is 15.5. The van der Waals surface area contributed by atoms with Crippen LogP contribution in [0.5, 0.6) is 0 Å². The van der Waals surface area contributed by atoms with Gasteiger partial charge in [0.05, 0.1) is 11.6 Å². The summed E-state index contributed by atoms with van der Waals surface area (Å²) < 4.78 is 13.4. The van der Waals surface area contributed by atoms with Crippen molar-refractivity contribution in [1.29, 1.82) is 0 Å². The first-order valence-corrected chi connectivity index (χ1v) is 9.84. The number of fused-ring (bicyclic) bond motifs is 2. The van der Waals surface area contributed by atoms with Crippen LogP contribution in [-0.2, 0) is 0 Å². The predicted octanol–water partition coefficient (Wildman–Crippen LogP) is 3.23.